The Morgan fingerprint density at radius 1 is 1.44 bits per heavy atom. The molecule has 0 aromatic carbocycles. The molecule has 6 heteroatoms. The molecule has 3 heterocycles. The van der Waals surface area contributed by atoms with Crippen molar-refractivity contribution in [3.05, 3.63) is 23.9 Å². The van der Waals surface area contributed by atoms with Crippen LogP contribution in [0, 0.1) is 0 Å². The van der Waals surface area contributed by atoms with Crippen LogP contribution in [-0.2, 0) is 6.18 Å². The van der Waals surface area contributed by atoms with Gasteiger partial charge < -0.3 is 10.2 Å². The Labute approximate surface area is 90.3 Å². The van der Waals surface area contributed by atoms with Gasteiger partial charge in [0.15, 0.2) is 0 Å². The molecule has 2 saturated heterocycles. The van der Waals surface area contributed by atoms with E-state index in [4.69, 9.17) is 0 Å². The largest absolute Gasteiger partial charge is 0.416 e. The van der Waals surface area contributed by atoms with Gasteiger partial charge in [-0.2, -0.15) is 13.2 Å². The standard InChI is InChI=1S/C10H10F3N3/c11-10(12,13)6-1-2-14-9(3-6)16-5-7-8(16)4-15-7/h1-3,7-8,15H,4-5H2/t7-,8?/m0/s1. The number of hydrogen-bond donors (Lipinski definition) is 1. The van der Waals surface area contributed by atoms with E-state index < -0.39 is 11.7 Å². The van der Waals surface area contributed by atoms with Gasteiger partial charge in [0.05, 0.1) is 11.6 Å². The summed E-state index contributed by atoms with van der Waals surface area (Å²) in [6, 6.07) is 2.89. The van der Waals surface area contributed by atoms with Gasteiger partial charge >= 0.3 is 6.18 Å². The van der Waals surface area contributed by atoms with Crippen LogP contribution in [0.25, 0.3) is 0 Å². The summed E-state index contributed by atoms with van der Waals surface area (Å²) in [4.78, 5) is 5.90. The highest BCUT2D eigenvalue weighted by Crippen LogP contribution is 2.34. The smallest absolute Gasteiger partial charge is 0.349 e. The van der Waals surface area contributed by atoms with Crippen LogP contribution in [0.3, 0.4) is 0 Å². The maximum atomic E-state index is 12.5. The number of hydrogen-bond acceptors (Lipinski definition) is 3. The summed E-state index contributed by atoms with van der Waals surface area (Å²) >= 11 is 0. The first-order chi connectivity index (χ1) is 7.55. The molecule has 0 bridgehead atoms. The van der Waals surface area contributed by atoms with E-state index in [1.165, 1.54) is 6.20 Å². The molecular formula is C10H10F3N3. The van der Waals surface area contributed by atoms with Crippen LogP contribution in [-0.4, -0.2) is 30.2 Å². The second-order valence-corrected chi connectivity index (χ2v) is 4.13. The number of fused-ring (bicyclic) bond motifs is 1. The molecular weight excluding hydrogens is 219 g/mol. The highest BCUT2D eigenvalue weighted by atomic mass is 19.4. The Morgan fingerprint density at radius 2 is 2.25 bits per heavy atom. The molecule has 0 spiro atoms. The summed E-state index contributed by atoms with van der Waals surface area (Å²) in [5.41, 5.74) is -0.631. The van der Waals surface area contributed by atoms with Crippen LogP contribution in [0.15, 0.2) is 18.3 Å². The molecule has 2 atom stereocenters. The molecule has 0 amide bonds. The molecule has 86 valence electrons. The maximum absolute atomic E-state index is 12.5. The van der Waals surface area contributed by atoms with Crippen molar-refractivity contribution in [2.45, 2.75) is 18.3 Å². The summed E-state index contributed by atoms with van der Waals surface area (Å²) in [6.45, 7) is 1.58. The number of nitrogens with zero attached hydrogens (tertiary/aromatic N) is 2. The maximum Gasteiger partial charge on any atom is 0.416 e. The lowest BCUT2D eigenvalue weighted by atomic mass is 9.88. The van der Waals surface area contributed by atoms with Crippen molar-refractivity contribution in [3.63, 3.8) is 0 Å². The predicted molar refractivity (Wildman–Crippen MR) is 52.2 cm³/mol. The number of pyridine rings is 1. The van der Waals surface area contributed by atoms with E-state index in [1.807, 2.05) is 4.90 Å². The van der Waals surface area contributed by atoms with Gasteiger partial charge in [-0.25, -0.2) is 4.98 Å². The van der Waals surface area contributed by atoms with Crippen LogP contribution in [0.1, 0.15) is 5.56 Å². The first-order valence-corrected chi connectivity index (χ1v) is 5.09. The van der Waals surface area contributed by atoms with E-state index >= 15 is 0 Å². The number of aromatic nitrogens is 1. The van der Waals surface area contributed by atoms with Crippen molar-refractivity contribution in [2.75, 3.05) is 18.0 Å². The van der Waals surface area contributed by atoms with Crippen molar-refractivity contribution >= 4 is 5.82 Å². The number of rotatable bonds is 1. The van der Waals surface area contributed by atoms with Gasteiger partial charge in [0.2, 0.25) is 0 Å². The van der Waals surface area contributed by atoms with Gasteiger partial charge in [-0.15, -0.1) is 0 Å². The minimum absolute atomic E-state index is 0.330. The second kappa shape index (κ2) is 3.10. The lowest BCUT2D eigenvalue weighted by molar-refractivity contribution is -0.137. The van der Waals surface area contributed by atoms with E-state index in [-0.39, 0.29) is 0 Å². The summed E-state index contributed by atoms with van der Waals surface area (Å²) in [5.74, 6) is 0.428. The molecule has 2 fully saturated rings. The zero-order valence-electron chi connectivity index (χ0n) is 8.33. The zero-order valence-corrected chi connectivity index (χ0v) is 8.33. The first kappa shape index (κ1) is 9.89. The first-order valence-electron chi connectivity index (χ1n) is 5.09. The Hall–Kier alpha value is -1.30. The van der Waals surface area contributed by atoms with Crippen molar-refractivity contribution in [1.82, 2.24) is 10.3 Å². The monoisotopic (exact) mass is 229 g/mol. The van der Waals surface area contributed by atoms with Crippen molar-refractivity contribution in [1.29, 1.82) is 0 Å². The fourth-order valence-electron chi connectivity index (χ4n) is 2.13. The highest BCUT2D eigenvalue weighted by molar-refractivity contribution is 5.49. The fourth-order valence-corrected chi connectivity index (χ4v) is 2.13. The normalized spacial score (nSPS) is 28.1. The van der Waals surface area contributed by atoms with Gasteiger partial charge in [0, 0.05) is 25.3 Å². The number of alkyl halides is 3. The molecule has 0 aliphatic carbocycles. The molecule has 3 nitrogen and oxygen atoms in total. The fraction of sp³-hybridized carbons (Fsp3) is 0.500. The van der Waals surface area contributed by atoms with Gasteiger partial charge in [0.25, 0.3) is 0 Å². The minimum Gasteiger partial charge on any atom is -0.349 e. The van der Waals surface area contributed by atoms with Crippen LogP contribution >= 0.6 is 0 Å². The van der Waals surface area contributed by atoms with E-state index in [2.05, 4.69) is 10.3 Å². The quantitative estimate of drug-likeness (QED) is 0.785. The van der Waals surface area contributed by atoms with E-state index in [0.29, 0.717) is 17.9 Å². The molecule has 2 aliphatic rings. The highest BCUT2D eigenvalue weighted by Gasteiger charge is 2.46. The molecule has 0 radical (unpaired) electrons. The predicted octanol–water partition coefficient (Wildman–Crippen LogP) is 1.26. The zero-order chi connectivity index (χ0) is 11.3. The summed E-state index contributed by atoms with van der Waals surface area (Å²) in [7, 11) is 0. The molecule has 1 N–H and O–H groups in total. The van der Waals surface area contributed by atoms with Gasteiger partial charge in [-0.05, 0) is 12.1 Å². The van der Waals surface area contributed by atoms with Gasteiger partial charge in [-0.3, -0.25) is 0 Å². The molecule has 1 aromatic rings. The number of piperazine rings is 1. The lowest BCUT2D eigenvalue weighted by Gasteiger charge is -2.56. The third-order valence-electron chi connectivity index (χ3n) is 3.21. The Balaban J connectivity index is 1.85. The molecule has 1 unspecified atom stereocenters. The van der Waals surface area contributed by atoms with Crippen LogP contribution < -0.4 is 10.2 Å². The Kier molecular flexibility index (Phi) is 1.92. The average Bonchev–Trinajstić information content (AvgIpc) is 2.21. The van der Waals surface area contributed by atoms with Crippen LogP contribution in [0.2, 0.25) is 0 Å². The molecule has 3 rings (SSSR count). The average molecular weight is 229 g/mol. The number of anilines is 1. The van der Waals surface area contributed by atoms with Gasteiger partial charge in [-0.1, -0.05) is 0 Å². The second-order valence-electron chi connectivity index (χ2n) is 4.13. The summed E-state index contributed by atoms with van der Waals surface area (Å²) in [6.07, 6.45) is -3.07. The van der Waals surface area contributed by atoms with Crippen molar-refractivity contribution in [3.8, 4) is 0 Å². The molecule has 0 saturated carbocycles. The third kappa shape index (κ3) is 1.36. The van der Waals surface area contributed by atoms with E-state index in [1.54, 1.807) is 0 Å². The lowest BCUT2D eigenvalue weighted by Crippen LogP contribution is -2.78. The van der Waals surface area contributed by atoms with Crippen molar-refractivity contribution in [2.24, 2.45) is 0 Å². The van der Waals surface area contributed by atoms with Crippen LogP contribution in [0.5, 0.6) is 0 Å². The minimum atomic E-state index is -4.29. The van der Waals surface area contributed by atoms with Crippen LogP contribution in [0.4, 0.5) is 19.0 Å². The Bertz CT molecular complexity index is 418. The van der Waals surface area contributed by atoms with Gasteiger partial charge in [0.1, 0.15) is 5.82 Å². The number of halogens is 3. The topological polar surface area (TPSA) is 28.2 Å². The van der Waals surface area contributed by atoms with Crippen molar-refractivity contribution < 1.29 is 13.2 Å². The molecule has 2 aliphatic heterocycles. The third-order valence-corrected chi connectivity index (χ3v) is 3.21. The number of nitrogens with one attached hydrogen (secondary N) is 1. The summed E-state index contributed by atoms with van der Waals surface area (Å²) in [5, 5.41) is 3.20. The SMILES string of the molecule is FC(F)(F)c1ccnc(N2C[C@@H]3NCC32)c1. The van der Waals surface area contributed by atoms with E-state index in [9.17, 15) is 13.2 Å². The summed E-state index contributed by atoms with van der Waals surface area (Å²) < 4.78 is 37.4. The Morgan fingerprint density at radius 3 is 2.75 bits per heavy atom. The molecule has 16 heavy (non-hydrogen) atoms. The van der Waals surface area contributed by atoms with E-state index in [0.717, 1.165) is 25.2 Å². The molecule has 1 aromatic heterocycles.